The van der Waals surface area contributed by atoms with E-state index in [1.54, 1.807) is 21.1 Å². The number of carboxylic acids is 1. The van der Waals surface area contributed by atoms with Crippen molar-refractivity contribution in [2.45, 2.75) is 128 Å². The van der Waals surface area contributed by atoms with Crippen LogP contribution in [0.4, 0.5) is 16.3 Å². The van der Waals surface area contributed by atoms with Gasteiger partial charge in [-0.3, -0.25) is 23.8 Å². The van der Waals surface area contributed by atoms with Crippen molar-refractivity contribution in [2.24, 2.45) is 0 Å². The molecule has 79 heavy (non-hydrogen) atoms. The SMILES string of the molecule is CC(=O)O.COC[C@H](C)Nc1ncc2c(-c3ccc(CN4CCN(C(C)=O)CC4)cc3)cc(C3CCC(O)CC3)n2n1.COC[C@H](C)Nc1ncc2c(-c3ccc(CN4CCNCC4)cc3)cc(C3CCC(O)CC3)n2n1.[2H]CF. The zero-order valence-corrected chi connectivity index (χ0v) is 47.1. The molecule has 2 aliphatic heterocycles. The molecule has 4 aliphatic rings. The van der Waals surface area contributed by atoms with Gasteiger partial charge in [0.1, 0.15) is 0 Å². The van der Waals surface area contributed by atoms with Crippen molar-refractivity contribution < 1.29 is 40.1 Å². The normalized spacial score (nSPS) is 20.8. The molecule has 1 amide bonds. The number of nitrogens with one attached hydrogen (secondary N) is 3. The maximum atomic E-state index is 11.6. The van der Waals surface area contributed by atoms with Crippen LogP contribution in [0.1, 0.15) is 115 Å². The first-order chi connectivity index (χ1) is 38.7. The van der Waals surface area contributed by atoms with E-state index in [1.807, 2.05) is 24.2 Å². The second-order valence-corrected chi connectivity index (χ2v) is 21.5. The molecule has 0 bridgehead atoms. The second-order valence-electron chi connectivity index (χ2n) is 21.5. The number of aliphatic carboxylic acids is 1. The highest BCUT2D eigenvalue weighted by Crippen LogP contribution is 2.39. The van der Waals surface area contributed by atoms with Gasteiger partial charge in [-0.25, -0.2) is 19.0 Å². The van der Waals surface area contributed by atoms with E-state index in [1.165, 1.54) is 28.1 Å². The average Bonchev–Trinajstić information content (AvgIpc) is 4.02. The highest BCUT2D eigenvalue weighted by atomic mass is 19.1. The van der Waals surface area contributed by atoms with Crippen LogP contribution in [-0.4, -0.2) is 182 Å². The summed E-state index contributed by atoms with van der Waals surface area (Å²) in [6.07, 6.45) is 10.7. The Labute approximate surface area is 466 Å². The van der Waals surface area contributed by atoms with Crippen LogP contribution >= 0.6 is 0 Å². The number of hydrogen-bond acceptors (Lipinski definition) is 15. The number of fused-ring (bicyclic) bond motifs is 2. The minimum absolute atomic E-state index is 0.0961. The van der Waals surface area contributed by atoms with E-state index in [2.05, 4.69) is 112 Å². The number of hydrogen-bond donors (Lipinski definition) is 6. The first kappa shape index (κ1) is 59.0. The summed E-state index contributed by atoms with van der Waals surface area (Å²) in [6.45, 7) is 17.6. The molecule has 2 atom stereocenters. The van der Waals surface area contributed by atoms with E-state index in [4.69, 9.17) is 30.9 Å². The molecule has 2 aromatic carbocycles. The van der Waals surface area contributed by atoms with E-state index in [9.17, 15) is 19.4 Å². The molecule has 10 rings (SSSR count). The van der Waals surface area contributed by atoms with Gasteiger partial charge in [0.25, 0.3) is 5.97 Å². The highest BCUT2D eigenvalue weighted by molar-refractivity contribution is 5.83. The van der Waals surface area contributed by atoms with Crippen LogP contribution in [0.15, 0.2) is 73.1 Å². The van der Waals surface area contributed by atoms with Gasteiger partial charge in [-0.1, -0.05) is 48.5 Å². The highest BCUT2D eigenvalue weighted by Gasteiger charge is 2.28. The fraction of sp³-hybridized carbons (Fsp3) is 0.559. The number of amides is 1. The Balaban J connectivity index is 0.000000208. The minimum atomic E-state index is -1.00. The van der Waals surface area contributed by atoms with E-state index in [-0.39, 0.29) is 30.2 Å². The molecule has 0 unspecified atom stereocenters. The number of aromatic nitrogens is 6. The van der Waals surface area contributed by atoms with Crippen molar-refractivity contribution in [2.75, 3.05) is 97.6 Å². The number of halogens is 1. The monoisotopic (exact) mass is 1090 g/mol. The van der Waals surface area contributed by atoms with Crippen LogP contribution < -0.4 is 16.0 Å². The number of benzene rings is 2. The second kappa shape index (κ2) is 29.9. The summed E-state index contributed by atoms with van der Waals surface area (Å²) in [4.78, 5) is 36.7. The van der Waals surface area contributed by atoms with E-state index < -0.39 is 13.1 Å². The summed E-state index contributed by atoms with van der Waals surface area (Å²) >= 11 is 0. The van der Waals surface area contributed by atoms with Gasteiger partial charge in [-0.2, -0.15) is 0 Å². The Morgan fingerprint density at radius 1 is 0.671 bits per heavy atom. The predicted molar refractivity (Wildman–Crippen MR) is 307 cm³/mol. The number of ether oxygens (including phenoxy) is 2. The summed E-state index contributed by atoms with van der Waals surface area (Å²) < 4.78 is 30.1. The van der Waals surface area contributed by atoms with Crippen LogP contribution in [0.3, 0.4) is 0 Å². The molecule has 2 saturated heterocycles. The number of carbonyl (C=O) groups excluding carboxylic acids is 1. The molecule has 0 radical (unpaired) electrons. The number of alkyl halides is 1. The number of anilines is 2. The van der Waals surface area contributed by atoms with Gasteiger partial charge in [0.15, 0.2) is 0 Å². The maximum Gasteiger partial charge on any atom is 0.300 e. The Bertz CT molecular complexity index is 2840. The summed E-state index contributed by atoms with van der Waals surface area (Å²) in [5, 5.41) is 47.4. The van der Waals surface area contributed by atoms with Crippen LogP contribution in [0, 0.1) is 0 Å². The minimum Gasteiger partial charge on any atom is -0.481 e. The Morgan fingerprint density at radius 3 is 1.42 bits per heavy atom. The smallest absolute Gasteiger partial charge is 0.300 e. The molecule has 4 aromatic heterocycles. The molecular weight excluding hydrogens is 1010 g/mol. The number of piperazine rings is 2. The van der Waals surface area contributed by atoms with Crippen molar-refractivity contribution in [3.05, 3.63) is 95.6 Å². The lowest BCUT2D eigenvalue weighted by atomic mass is 9.85. The molecule has 6 heterocycles. The number of methoxy groups -OCH3 is 2. The third-order valence-electron chi connectivity index (χ3n) is 15.3. The van der Waals surface area contributed by atoms with Gasteiger partial charge in [0.2, 0.25) is 17.8 Å². The van der Waals surface area contributed by atoms with Crippen molar-refractivity contribution in [3.8, 4) is 22.3 Å². The predicted octanol–water partition coefficient (Wildman–Crippen LogP) is 7.47. The summed E-state index contributed by atoms with van der Waals surface area (Å²) in [5.41, 5.74) is 11.6. The van der Waals surface area contributed by atoms with Gasteiger partial charge in [0, 0.05) is 140 Å². The third-order valence-corrected chi connectivity index (χ3v) is 15.3. The number of rotatable bonds is 16. The first-order valence-electron chi connectivity index (χ1n) is 28.7. The lowest BCUT2D eigenvalue weighted by Gasteiger charge is -2.34. The van der Waals surface area contributed by atoms with Crippen LogP contribution in [0.25, 0.3) is 33.3 Å². The average molecular weight is 1090 g/mol. The van der Waals surface area contributed by atoms with Crippen LogP contribution in [-0.2, 0) is 32.2 Å². The summed E-state index contributed by atoms with van der Waals surface area (Å²) in [6, 6.07) is 22.5. The van der Waals surface area contributed by atoms with Crippen molar-refractivity contribution in [3.63, 3.8) is 0 Å². The number of carboxylic acid groups (broad SMARTS) is 1. The number of carbonyl (C=O) groups is 2. The fourth-order valence-electron chi connectivity index (χ4n) is 11.2. The Hall–Kier alpha value is -6.13. The number of aliphatic hydroxyl groups is 2. The molecule has 6 aromatic rings. The van der Waals surface area contributed by atoms with Crippen molar-refractivity contribution in [1.29, 1.82) is 0 Å². The molecule has 19 nitrogen and oxygen atoms in total. The molecule has 4 fully saturated rings. The van der Waals surface area contributed by atoms with Crippen LogP contribution in [0.5, 0.6) is 0 Å². The molecule has 430 valence electrons. The van der Waals surface area contributed by atoms with Crippen molar-refractivity contribution >= 4 is 34.8 Å². The molecule has 2 saturated carbocycles. The van der Waals surface area contributed by atoms with Gasteiger partial charge in [0.05, 0.1) is 57.4 Å². The number of nitrogens with zero attached hydrogens (tertiary/aromatic N) is 9. The van der Waals surface area contributed by atoms with Crippen molar-refractivity contribution in [1.82, 2.24) is 49.2 Å². The van der Waals surface area contributed by atoms with Gasteiger partial charge in [-0.15, -0.1) is 10.2 Å². The molecule has 6 N–H and O–H groups in total. The van der Waals surface area contributed by atoms with E-state index >= 15 is 0 Å². The standard InChI is InChI=1S/C29H40N6O3.C27H38N6O2.C2H4O2.CH3F/c1-20(19-38-3)31-29-30-17-28-26(16-27(35(28)32-29)24-8-10-25(37)11-9-24)23-6-4-22(5-7-23)18-33-12-14-34(15-13-33)21(2)36;1-19(18-35-2)30-27-29-16-26-24(15-25(33(26)31-27)22-7-9-23(34)10-8-22)21-5-3-20(4-6-21)17-32-13-11-28-12-14-32;1-2(3)4;1-2/h4-7,16-17,20,24-25,37H,8-15,18-19H2,1-3H3,(H,31,32);3-6,15-16,19,22-23,28,34H,7-14,17-18H2,1-2H3,(H,30,31);1H3,(H,3,4);1H3/t20-,24?,25?;19-,22?,23?;;/m00../s1/i;;;1D. The molecule has 20 heteroatoms. The maximum absolute atomic E-state index is 11.6. The lowest BCUT2D eigenvalue weighted by molar-refractivity contribution is -0.134. The van der Waals surface area contributed by atoms with Crippen LogP contribution in [0.2, 0.25) is 0 Å². The third kappa shape index (κ3) is 17.0. The molecular formula is C59H85FN12O7. The molecule has 0 spiro atoms. The topological polar surface area (TPSA) is 219 Å². The van der Waals surface area contributed by atoms with E-state index in [0.29, 0.717) is 36.9 Å². The van der Waals surface area contributed by atoms with E-state index in [0.717, 1.165) is 151 Å². The zero-order chi connectivity index (χ0) is 57.1. The first-order valence-corrected chi connectivity index (χ1v) is 27.9. The van der Waals surface area contributed by atoms with Gasteiger partial charge < -0.3 is 45.6 Å². The van der Waals surface area contributed by atoms with Gasteiger partial charge >= 0.3 is 0 Å². The zero-order valence-electron chi connectivity index (χ0n) is 48.1. The largest absolute Gasteiger partial charge is 0.481 e. The Morgan fingerprint density at radius 2 is 1.05 bits per heavy atom. The lowest BCUT2D eigenvalue weighted by Crippen LogP contribution is -2.47. The molecule has 2 aliphatic carbocycles. The quantitative estimate of drug-likeness (QED) is 0.0554. The number of aliphatic hydroxyl groups excluding tert-OH is 2. The summed E-state index contributed by atoms with van der Waals surface area (Å²) in [5.74, 6) is 1.25. The van der Waals surface area contributed by atoms with Gasteiger partial charge in [-0.05, 0) is 99.6 Å². The Kier molecular flexibility index (Phi) is 22.3. The summed E-state index contributed by atoms with van der Waals surface area (Å²) in [7, 11) is 2.39. The fourth-order valence-corrected chi connectivity index (χ4v) is 11.2.